The fourth-order valence-electron chi connectivity index (χ4n) is 3.30. The minimum Gasteiger partial charge on any atom is -0.325 e. The normalized spacial score (nSPS) is 16.0. The number of imidazole rings is 1. The molecule has 1 heterocycles. The topological polar surface area (TPSA) is 77.8 Å². The highest BCUT2D eigenvalue weighted by atomic mass is 16.2. The lowest BCUT2D eigenvalue weighted by molar-refractivity contribution is -0.124. The maximum Gasteiger partial charge on any atom is 0.323 e. The van der Waals surface area contributed by atoms with Gasteiger partial charge >= 0.3 is 5.69 Å². The van der Waals surface area contributed by atoms with E-state index in [0.717, 1.165) is 30.3 Å². The molecule has 0 unspecified atom stereocenters. The summed E-state index contributed by atoms with van der Waals surface area (Å²) in [6.07, 6.45) is 2.80. The number of anilines is 1. The van der Waals surface area contributed by atoms with E-state index < -0.39 is 5.41 Å². The summed E-state index contributed by atoms with van der Waals surface area (Å²) < 4.78 is 0. The summed E-state index contributed by atoms with van der Waals surface area (Å²) in [6, 6.07) is 15.3. The molecule has 1 amide bonds. The monoisotopic (exact) mass is 307 g/mol. The molecule has 0 atom stereocenters. The van der Waals surface area contributed by atoms with Crippen molar-refractivity contribution in [1.82, 2.24) is 9.97 Å². The van der Waals surface area contributed by atoms with E-state index >= 15 is 0 Å². The second-order valence-corrected chi connectivity index (χ2v) is 6.10. The first kappa shape index (κ1) is 13.8. The molecule has 116 valence electrons. The van der Waals surface area contributed by atoms with Gasteiger partial charge in [-0.3, -0.25) is 4.79 Å². The molecule has 0 spiro atoms. The Morgan fingerprint density at radius 1 is 1.00 bits per heavy atom. The highest BCUT2D eigenvalue weighted by molar-refractivity contribution is 6.00. The molecule has 3 aromatic rings. The fraction of sp³-hybridized carbons (Fsp3) is 0.222. The summed E-state index contributed by atoms with van der Waals surface area (Å²) in [5, 5.41) is 3.01. The van der Waals surface area contributed by atoms with Crippen LogP contribution in [0.15, 0.2) is 53.3 Å². The van der Waals surface area contributed by atoms with Crippen molar-refractivity contribution in [1.29, 1.82) is 0 Å². The number of aromatic amines is 2. The maximum absolute atomic E-state index is 12.9. The summed E-state index contributed by atoms with van der Waals surface area (Å²) in [7, 11) is 0. The molecule has 1 saturated carbocycles. The Morgan fingerprint density at radius 2 is 1.74 bits per heavy atom. The molecule has 1 aliphatic carbocycles. The van der Waals surface area contributed by atoms with Crippen LogP contribution in [0.2, 0.25) is 0 Å². The second kappa shape index (κ2) is 5.12. The number of aromatic nitrogens is 2. The predicted octanol–water partition coefficient (Wildman–Crippen LogP) is 2.92. The first-order valence-corrected chi connectivity index (χ1v) is 7.76. The molecule has 1 fully saturated rings. The van der Waals surface area contributed by atoms with Gasteiger partial charge in [-0.15, -0.1) is 0 Å². The van der Waals surface area contributed by atoms with Gasteiger partial charge in [0.15, 0.2) is 0 Å². The summed E-state index contributed by atoms with van der Waals surface area (Å²) in [5.41, 5.74) is 2.51. The van der Waals surface area contributed by atoms with Gasteiger partial charge in [-0.25, -0.2) is 4.79 Å². The lowest BCUT2D eigenvalue weighted by atomic mass is 9.64. The van der Waals surface area contributed by atoms with E-state index in [0.29, 0.717) is 11.2 Å². The zero-order valence-electron chi connectivity index (χ0n) is 12.6. The lowest BCUT2D eigenvalue weighted by Gasteiger charge is -2.40. The fourth-order valence-corrected chi connectivity index (χ4v) is 3.30. The number of hydrogen-bond acceptors (Lipinski definition) is 2. The quantitative estimate of drug-likeness (QED) is 0.695. The Bertz CT molecular complexity index is 920. The molecule has 2 aromatic carbocycles. The van der Waals surface area contributed by atoms with Crippen LogP contribution in [0.5, 0.6) is 0 Å². The van der Waals surface area contributed by atoms with Crippen molar-refractivity contribution < 1.29 is 4.79 Å². The molecule has 0 bridgehead atoms. The van der Waals surface area contributed by atoms with Gasteiger partial charge in [0.2, 0.25) is 5.91 Å². The van der Waals surface area contributed by atoms with Crippen molar-refractivity contribution in [3.8, 4) is 0 Å². The number of benzene rings is 2. The van der Waals surface area contributed by atoms with Crippen molar-refractivity contribution in [2.45, 2.75) is 24.7 Å². The minimum absolute atomic E-state index is 0.0205. The lowest BCUT2D eigenvalue weighted by Crippen LogP contribution is -2.45. The molecule has 4 rings (SSSR count). The van der Waals surface area contributed by atoms with Crippen LogP contribution < -0.4 is 11.0 Å². The van der Waals surface area contributed by atoms with E-state index in [2.05, 4.69) is 15.3 Å². The summed E-state index contributed by atoms with van der Waals surface area (Å²) >= 11 is 0. The van der Waals surface area contributed by atoms with Crippen LogP contribution in [-0.4, -0.2) is 15.9 Å². The highest BCUT2D eigenvalue weighted by Gasteiger charge is 2.45. The average molecular weight is 307 g/mol. The molecule has 5 heteroatoms. The van der Waals surface area contributed by atoms with Crippen molar-refractivity contribution in [3.63, 3.8) is 0 Å². The molecule has 23 heavy (non-hydrogen) atoms. The van der Waals surface area contributed by atoms with Crippen molar-refractivity contribution in [2.24, 2.45) is 0 Å². The van der Waals surface area contributed by atoms with E-state index in [-0.39, 0.29) is 11.6 Å². The van der Waals surface area contributed by atoms with Gasteiger partial charge in [-0.05, 0) is 36.6 Å². The van der Waals surface area contributed by atoms with Gasteiger partial charge in [0.25, 0.3) is 0 Å². The largest absolute Gasteiger partial charge is 0.325 e. The Morgan fingerprint density at radius 3 is 2.43 bits per heavy atom. The third-order valence-corrected chi connectivity index (χ3v) is 4.74. The summed E-state index contributed by atoms with van der Waals surface area (Å²) in [4.78, 5) is 29.6. The van der Waals surface area contributed by atoms with Gasteiger partial charge in [-0.1, -0.05) is 36.8 Å². The molecule has 3 N–H and O–H groups in total. The molecular weight excluding hydrogens is 290 g/mol. The number of rotatable bonds is 3. The van der Waals surface area contributed by atoms with Crippen LogP contribution in [0.25, 0.3) is 11.0 Å². The maximum atomic E-state index is 12.9. The van der Waals surface area contributed by atoms with Crippen LogP contribution in [0.4, 0.5) is 5.69 Å². The third kappa shape index (κ3) is 2.25. The van der Waals surface area contributed by atoms with Crippen LogP contribution in [0.3, 0.4) is 0 Å². The number of amides is 1. The SMILES string of the molecule is O=C(Nc1ccc2[nH]c(=O)[nH]c2c1)C1(c2ccccc2)CCC1. The molecule has 0 saturated heterocycles. The summed E-state index contributed by atoms with van der Waals surface area (Å²) in [5.74, 6) is 0.0205. The Labute approximate surface area is 132 Å². The van der Waals surface area contributed by atoms with Crippen LogP contribution in [0, 0.1) is 0 Å². The molecule has 1 aliphatic rings. The predicted molar refractivity (Wildman–Crippen MR) is 89.5 cm³/mol. The highest BCUT2D eigenvalue weighted by Crippen LogP contribution is 2.44. The Balaban J connectivity index is 1.64. The number of carbonyl (C=O) groups is 1. The average Bonchev–Trinajstić information content (AvgIpc) is 2.86. The number of fused-ring (bicyclic) bond motifs is 1. The second-order valence-electron chi connectivity index (χ2n) is 6.10. The zero-order chi connectivity index (χ0) is 15.9. The van der Waals surface area contributed by atoms with Crippen molar-refractivity contribution in [2.75, 3.05) is 5.32 Å². The van der Waals surface area contributed by atoms with Crippen molar-refractivity contribution >= 4 is 22.6 Å². The van der Waals surface area contributed by atoms with E-state index in [1.807, 2.05) is 30.3 Å². The molecule has 1 aromatic heterocycles. The number of H-pyrrole nitrogens is 2. The van der Waals surface area contributed by atoms with E-state index in [4.69, 9.17) is 0 Å². The molecule has 0 radical (unpaired) electrons. The standard InChI is InChI=1S/C18H17N3O2/c22-16(18(9-4-10-18)12-5-2-1-3-6-12)19-13-7-8-14-15(11-13)21-17(23)20-14/h1-3,5-8,11H,4,9-10H2,(H,19,22)(H2,20,21,23). The number of nitrogens with one attached hydrogen (secondary N) is 3. The molecular formula is C18H17N3O2. The minimum atomic E-state index is -0.429. The van der Waals surface area contributed by atoms with E-state index in [1.165, 1.54) is 0 Å². The van der Waals surface area contributed by atoms with Gasteiger partial charge in [0, 0.05) is 5.69 Å². The first-order chi connectivity index (χ1) is 11.2. The van der Waals surface area contributed by atoms with Gasteiger partial charge in [0.05, 0.1) is 16.4 Å². The molecule has 5 nitrogen and oxygen atoms in total. The number of carbonyl (C=O) groups excluding carboxylic acids is 1. The van der Waals surface area contributed by atoms with Gasteiger partial charge in [-0.2, -0.15) is 0 Å². The third-order valence-electron chi connectivity index (χ3n) is 4.74. The smallest absolute Gasteiger partial charge is 0.323 e. The van der Waals surface area contributed by atoms with Crippen LogP contribution in [-0.2, 0) is 10.2 Å². The van der Waals surface area contributed by atoms with Gasteiger partial charge < -0.3 is 15.3 Å². The molecule has 0 aliphatic heterocycles. The van der Waals surface area contributed by atoms with E-state index in [1.54, 1.807) is 18.2 Å². The number of hydrogen-bond donors (Lipinski definition) is 3. The van der Waals surface area contributed by atoms with E-state index in [9.17, 15) is 9.59 Å². The Kier molecular flexibility index (Phi) is 3.08. The van der Waals surface area contributed by atoms with Gasteiger partial charge in [0.1, 0.15) is 0 Å². The van der Waals surface area contributed by atoms with Crippen molar-refractivity contribution in [3.05, 3.63) is 64.6 Å². The zero-order valence-corrected chi connectivity index (χ0v) is 12.6. The Hall–Kier alpha value is -2.82. The van der Waals surface area contributed by atoms with Crippen LogP contribution >= 0.6 is 0 Å². The van der Waals surface area contributed by atoms with Crippen LogP contribution in [0.1, 0.15) is 24.8 Å². The first-order valence-electron chi connectivity index (χ1n) is 7.76. The summed E-state index contributed by atoms with van der Waals surface area (Å²) in [6.45, 7) is 0.